The van der Waals surface area contributed by atoms with Crippen LogP contribution in [0.1, 0.15) is 6.42 Å². The van der Waals surface area contributed by atoms with E-state index in [4.69, 9.17) is 14.2 Å². The molecule has 0 aliphatic heterocycles. The largest absolute Gasteiger partial charge is 0.481 e. The van der Waals surface area contributed by atoms with Crippen LogP contribution >= 0.6 is 0 Å². The number of hydrogen-bond donors (Lipinski definition) is 1. The molecule has 0 aromatic heterocycles. The molecular formula is C14H20FNO4. The van der Waals surface area contributed by atoms with Gasteiger partial charge in [0.2, 0.25) is 0 Å². The Balaban J connectivity index is 2.05. The van der Waals surface area contributed by atoms with Gasteiger partial charge in [0.25, 0.3) is 5.91 Å². The summed E-state index contributed by atoms with van der Waals surface area (Å²) in [4.78, 5) is 11.4. The van der Waals surface area contributed by atoms with Crippen LogP contribution in [0.15, 0.2) is 24.3 Å². The Kier molecular flexibility index (Phi) is 8.33. The number of rotatable bonds is 10. The minimum absolute atomic E-state index is 0.0746. The van der Waals surface area contributed by atoms with E-state index in [1.807, 2.05) is 0 Å². The number of amides is 1. The molecule has 0 aliphatic carbocycles. The van der Waals surface area contributed by atoms with Gasteiger partial charge in [0.15, 0.2) is 18.2 Å². The van der Waals surface area contributed by atoms with Crippen molar-refractivity contribution in [3.05, 3.63) is 30.1 Å². The Labute approximate surface area is 118 Å². The molecule has 0 radical (unpaired) electrons. The van der Waals surface area contributed by atoms with E-state index in [1.54, 1.807) is 19.2 Å². The molecule has 6 heteroatoms. The number of halogens is 1. The molecule has 1 N–H and O–H groups in total. The van der Waals surface area contributed by atoms with E-state index < -0.39 is 5.82 Å². The van der Waals surface area contributed by atoms with Crippen molar-refractivity contribution in [2.24, 2.45) is 0 Å². The number of benzene rings is 1. The van der Waals surface area contributed by atoms with E-state index in [0.717, 1.165) is 0 Å². The summed E-state index contributed by atoms with van der Waals surface area (Å²) in [5.74, 6) is -0.692. The number of para-hydroxylation sites is 1. The average molecular weight is 285 g/mol. The summed E-state index contributed by atoms with van der Waals surface area (Å²) in [6.07, 6.45) is 0.704. The highest BCUT2D eigenvalue weighted by molar-refractivity contribution is 5.77. The highest BCUT2D eigenvalue weighted by atomic mass is 19.1. The Hall–Kier alpha value is -1.66. The lowest BCUT2D eigenvalue weighted by Crippen LogP contribution is -2.30. The lowest BCUT2D eigenvalue weighted by atomic mass is 10.3. The highest BCUT2D eigenvalue weighted by Crippen LogP contribution is 2.14. The van der Waals surface area contributed by atoms with Crippen LogP contribution in [-0.4, -0.2) is 46.0 Å². The van der Waals surface area contributed by atoms with Crippen molar-refractivity contribution in [3.8, 4) is 5.75 Å². The summed E-state index contributed by atoms with van der Waals surface area (Å²) in [6, 6.07) is 5.97. The molecule has 0 heterocycles. The van der Waals surface area contributed by atoms with Crippen LogP contribution in [-0.2, 0) is 14.3 Å². The Bertz CT molecular complexity index is 401. The number of carbonyl (C=O) groups excluding carboxylic acids is 1. The zero-order chi connectivity index (χ0) is 14.6. The molecule has 0 bridgehead atoms. The van der Waals surface area contributed by atoms with Crippen LogP contribution in [0.25, 0.3) is 0 Å². The molecule has 1 rings (SSSR count). The van der Waals surface area contributed by atoms with Crippen LogP contribution in [0, 0.1) is 5.82 Å². The second-order valence-electron chi connectivity index (χ2n) is 4.03. The van der Waals surface area contributed by atoms with Gasteiger partial charge in [-0.05, 0) is 18.6 Å². The Morgan fingerprint density at radius 2 is 2.05 bits per heavy atom. The third-order valence-corrected chi connectivity index (χ3v) is 2.41. The number of carbonyl (C=O) groups is 1. The monoisotopic (exact) mass is 285 g/mol. The molecule has 5 nitrogen and oxygen atoms in total. The predicted molar refractivity (Wildman–Crippen MR) is 72.2 cm³/mol. The molecule has 0 fully saturated rings. The molecule has 1 aromatic rings. The van der Waals surface area contributed by atoms with Crippen molar-refractivity contribution in [2.45, 2.75) is 6.42 Å². The van der Waals surface area contributed by atoms with Crippen LogP contribution < -0.4 is 10.1 Å². The minimum atomic E-state index is -0.480. The summed E-state index contributed by atoms with van der Waals surface area (Å²) in [5.41, 5.74) is 0. The van der Waals surface area contributed by atoms with Crippen molar-refractivity contribution >= 4 is 5.91 Å². The van der Waals surface area contributed by atoms with Crippen LogP contribution in [0.4, 0.5) is 4.39 Å². The van der Waals surface area contributed by atoms with Crippen LogP contribution in [0.2, 0.25) is 0 Å². The molecule has 0 spiro atoms. The van der Waals surface area contributed by atoms with Crippen molar-refractivity contribution in [1.82, 2.24) is 5.32 Å². The lowest BCUT2D eigenvalue weighted by Gasteiger charge is -2.08. The first-order valence-corrected chi connectivity index (χ1v) is 6.44. The molecular weight excluding hydrogens is 265 g/mol. The van der Waals surface area contributed by atoms with Gasteiger partial charge in [-0.2, -0.15) is 0 Å². The number of hydrogen-bond acceptors (Lipinski definition) is 4. The smallest absolute Gasteiger partial charge is 0.257 e. The fourth-order valence-electron chi connectivity index (χ4n) is 1.40. The summed E-state index contributed by atoms with van der Waals surface area (Å²) >= 11 is 0. The first-order chi connectivity index (χ1) is 9.74. The summed E-state index contributed by atoms with van der Waals surface area (Å²) < 4.78 is 28.4. The van der Waals surface area contributed by atoms with Gasteiger partial charge < -0.3 is 19.5 Å². The number of methoxy groups -OCH3 is 1. The van der Waals surface area contributed by atoms with Crippen molar-refractivity contribution in [2.75, 3.05) is 40.1 Å². The van der Waals surface area contributed by atoms with Crippen molar-refractivity contribution in [3.63, 3.8) is 0 Å². The van der Waals surface area contributed by atoms with E-state index in [2.05, 4.69) is 5.32 Å². The van der Waals surface area contributed by atoms with Gasteiger partial charge in [-0.25, -0.2) is 4.39 Å². The van der Waals surface area contributed by atoms with E-state index in [-0.39, 0.29) is 18.3 Å². The van der Waals surface area contributed by atoms with Gasteiger partial charge in [0, 0.05) is 20.3 Å². The van der Waals surface area contributed by atoms with E-state index in [9.17, 15) is 9.18 Å². The molecule has 0 aliphatic rings. The van der Waals surface area contributed by atoms with Crippen LogP contribution in [0.3, 0.4) is 0 Å². The molecule has 1 amide bonds. The fourth-order valence-corrected chi connectivity index (χ4v) is 1.40. The number of ether oxygens (including phenoxy) is 3. The second kappa shape index (κ2) is 10.2. The normalized spacial score (nSPS) is 10.3. The zero-order valence-electron chi connectivity index (χ0n) is 11.6. The molecule has 0 saturated carbocycles. The summed E-state index contributed by atoms with van der Waals surface area (Å²) in [5, 5.41) is 2.67. The van der Waals surface area contributed by atoms with Crippen molar-refractivity contribution < 1.29 is 23.4 Å². The van der Waals surface area contributed by atoms with Gasteiger partial charge in [-0.3, -0.25) is 4.79 Å². The SMILES string of the molecule is COCCOCCCNC(=O)COc1ccccc1F. The quantitative estimate of drug-likeness (QED) is 0.660. The van der Waals surface area contributed by atoms with Gasteiger partial charge in [0.05, 0.1) is 13.2 Å². The molecule has 20 heavy (non-hydrogen) atoms. The van der Waals surface area contributed by atoms with E-state index in [1.165, 1.54) is 12.1 Å². The third kappa shape index (κ3) is 7.06. The van der Waals surface area contributed by atoms with Crippen molar-refractivity contribution in [1.29, 1.82) is 0 Å². The topological polar surface area (TPSA) is 56.8 Å². The molecule has 0 saturated heterocycles. The Morgan fingerprint density at radius 3 is 2.80 bits per heavy atom. The predicted octanol–water partition coefficient (Wildman–Crippen LogP) is 1.37. The molecule has 0 atom stereocenters. The Morgan fingerprint density at radius 1 is 1.25 bits per heavy atom. The zero-order valence-corrected chi connectivity index (χ0v) is 11.6. The maximum atomic E-state index is 13.2. The maximum Gasteiger partial charge on any atom is 0.257 e. The van der Waals surface area contributed by atoms with Gasteiger partial charge in [-0.15, -0.1) is 0 Å². The summed E-state index contributed by atoms with van der Waals surface area (Å²) in [6.45, 7) is 1.94. The molecule has 112 valence electrons. The fraction of sp³-hybridized carbons (Fsp3) is 0.500. The standard InChI is InChI=1S/C14H20FNO4/c1-18-9-10-19-8-4-7-16-14(17)11-20-13-6-3-2-5-12(13)15/h2-3,5-6H,4,7-11H2,1H3,(H,16,17). The lowest BCUT2D eigenvalue weighted by molar-refractivity contribution is -0.123. The van der Waals surface area contributed by atoms with Gasteiger partial charge >= 0.3 is 0 Å². The summed E-state index contributed by atoms with van der Waals surface area (Å²) in [7, 11) is 1.61. The molecule has 0 unspecified atom stereocenters. The van der Waals surface area contributed by atoms with E-state index >= 15 is 0 Å². The van der Waals surface area contributed by atoms with E-state index in [0.29, 0.717) is 32.8 Å². The highest BCUT2D eigenvalue weighted by Gasteiger charge is 2.05. The molecule has 1 aromatic carbocycles. The first kappa shape index (κ1) is 16.4. The first-order valence-electron chi connectivity index (χ1n) is 6.44. The van der Waals surface area contributed by atoms with Gasteiger partial charge in [0.1, 0.15) is 0 Å². The minimum Gasteiger partial charge on any atom is -0.481 e. The van der Waals surface area contributed by atoms with Gasteiger partial charge in [-0.1, -0.05) is 12.1 Å². The second-order valence-corrected chi connectivity index (χ2v) is 4.03. The van der Waals surface area contributed by atoms with Crippen LogP contribution in [0.5, 0.6) is 5.75 Å². The number of nitrogens with one attached hydrogen (secondary N) is 1. The average Bonchev–Trinajstić information content (AvgIpc) is 2.45. The maximum absolute atomic E-state index is 13.2. The third-order valence-electron chi connectivity index (χ3n) is 2.41.